The van der Waals surface area contributed by atoms with Crippen LogP contribution in [0.4, 0.5) is 0 Å². The molecule has 0 fully saturated rings. The Kier molecular flexibility index (Phi) is 6.02. The molecular formula is C49H34. The van der Waals surface area contributed by atoms with E-state index in [-0.39, 0.29) is 5.41 Å². The molecule has 0 heteroatoms. The smallest absolute Gasteiger partial charge is 0.0159 e. The number of rotatable bonds is 3. The quantitative estimate of drug-likeness (QED) is 0.136. The molecule has 9 aromatic carbocycles. The average molecular weight is 623 g/mol. The predicted octanol–water partition coefficient (Wildman–Crippen LogP) is 13.6. The van der Waals surface area contributed by atoms with E-state index in [2.05, 4.69) is 184 Å². The molecule has 0 heterocycles. The van der Waals surface area contributed by atoms with Crippen molar-refractivity contribution in [3.63, 3.8) is 0 Å². The van der Waals surface area contributed by atoms with Gasteiger partial charge in [-0.2, -0.15) is 0 Å². The van der Waals surface area contributed by atoms with Gasteiger partial charge in [0.1, 0.15) is 0 Å². The predicted molar refractivity (Wildman–Crippen MR) is 210 cm³/mol. The Morgan fingerprint density at radius 3 is 1.84 bits per heavy atom. The number of fused-ring (bicyclic) bond motifs is 8. The normalized spacial score (nSPS) is 13.3. The standard InChI is InChI=1S/C49H34/c1-49(2)46-19-11-10-18-42(46)45-28-34-21-20-33(24-38(34)30-47(45)49)37-25-36(31-12-4-3-5-13-31)26-39(27-37)48-41-17-9-7-15-35(41)29-44-40-16-8-6-14-32(40)22-23-43(44)48/h3-30H,1-2H3. The molecule has 0 aromatic heterocycles. The van der Waals surface area contributed by atoms with E-state index >= 15 is 0 Å². The van der Waals surface area contributed by atoms with Crippen molar-refractivity contribution in [2.75, 3.05) is 0 Å². The minimum absolute atomic E-state index is 0.0316. The van der Waals surface area contributed by atoms with Crippen LogP contribution in [-0.4, -0.2) is 0 Å². The van der Waals surface area contributed by atoms with Crippen LogP contribution in [0.5, 0.6) is 0 Å². The maximum Gasteiger partial charge on any atom is 0.0159 e. The van der Waals surface area contributed by atoms with E-state index in [4.69, 9.17) is 0 Å². The molecule has 0 atom stereocenters. The highest BCUT2D eigenvalue weighted by Crippen LogP contribution is 2.50. The van der Waals surface area contributed by atoms with Crippen LogP contribution in [0.3, 0.4) is 0 Å². The fourth-order valence-corrected chi connectivity index (χ4v) is 8.49. The van der Waals surface area contributed by atoms with Crippen LogP contribution in [0.15, 0.2) is 170 Å². The second-order valence-corrected chi connectivity index (χ2v) is 14.1. The van der Waals surface area contributed by atoms with Crippen LogP contribution in [0.2, 0.25) is 0 Å². The Balaban J connectivity index is 1.23. The van der Waals surface area contributed by atoms with Crippen LogP contribution in [0.25, 0.3) is 87.6 Å². The second-order valence-electron chi connectivity index (χ2n) is 14.1. The van der Waals surface area contributed by atoms with E-state index in [1.807, 2.05) is 0 Å². The summed E-state index contributed by atoms with van der Waals surface area (Å²) in [6.45, 7) is 4.72. The van der Waals surface area contributed by atoms with Crippen LogP contribution in [0, 0.1) is 0 Å². The Morgan fingerprint density at radius 2 is 0.980 bits per heavy atom. The van der Waals surface area contributed by atoms with E-state index < -0.39 is 0 Å². The van der Waals surface area contributed by atoms with Crippen molar-refractivity contribution < 1.29 is 0 Å². The average Bonchev–Trinajstić information content (AvgIpc) is 3.38. The number of hydrogen-bond acceptors (Lipinski definition) is 0. The molecule has 0 amide bonds. The van der Waals surface area contributed by atoms with Gasteiger partial charge in [0, 0.05) is 5.41 Å². The Hall–Kier alpha value is -5.98. The first-order valence-electron chi connectivity index (χ1n) is 17.3. The van der Waals surface area contributed by atoms with Gasteiger partial charge >= 0.3 is 0 Å². The lowest BCUT2D eigenvalue weighted by Gasteiger charge is -2.21. The van der Waals surface area contributed by atoms with Crippen molar-refractivity contribution in [1.29, 1.82) is 0 Å². The largest absolute Gasteiger partial charge is 0.0622 e. The molecule has 230 valence electrons. The van der Waals surface area contributed by atoms with Crippen molar-refractivity contribution in [1.82, 2.24) is 0 Å². The molecule has 0 radical (unpaired) electrons. The van der Waals surface area contributed by atoms with Crippen molar-refractivity contribution in [2.24, 2.45) is 0 Å². The second kappa shape index (κ2) is 10.5. The summed E-state index contributed by atoms with van der Waals surface area (Å²) in [5, 5.41) is 10.2. The van der Waals surface area contributed by atoms with E-state index in [0.29, 0.717) is 0 Å². The van der Waals surface area contributed by atoms with Gasteiger partial charge in [-0.3, -0.25) is 0 Å². The first-order valence-corrected chi connectivity index (χ1v) is 17.3. The highest BCUT2D eigenvalue weighted by Gasteiger charge is 2.35. The van der Waals surface area contributed by atoms with Crippen LogP contribution < -0.4 is 0 Å². The summed E-state index contributed by atoms with van der Waals surface area (Å²) in [4.78, 5) is 0. The summed E-state index contributed by atoms with van der Waals surface area (Å²) in [5.74, 6) is 0. The van der Waals surface area contributed by atoms with Gasteiger partial charge in [-0.05, 0) is 141 Å². The van der Waals surface area contributed by atoms with E-state index in [0.717, 1.165) is 0 Å². The Bertz CT molecular complexity index is 2780. The minimum atomic E-state index is -0.0316. The van der Waals surface area contributed by atoms with Gasteiger partial charge in [0.05, 0.1) is 0 Å². The van der Waals surface area contributed by atoms with E-state index in [9.17, 15) is 0 Å². The fraction of sp³-hybridized carbons (Fsp3) is 0.0612. The topological polar surface area (TPSA) is 0 Å². The van der Waals surface area contributed by atoms with Gasteiger partial charge in [-0.25, -0.2) is 0 Å². The molecule has 10 rings (SSSR count). The molecule has 0 N–H and O–H groups in total. The van der Waals surface area contributed by atoms with Crippen molar-refractivity contribution in [2.45, 2.75) is 19.3 Å². The lowest BCUT2D eigenvalue weighted by atomic mass is 9.81. The van der Waals surface area contributed by atoms with Gasteiger partial charge in [-0.15, -0.1) is 0 Å². The molecule has 49 heavy (non-hydrogen) atoms. The highest BCUT2D eigenvalue weighted by atomic mass is 14.4. The van der Waals surface area contributed by atoms with Crippen molar-refractivity contribution in [3.8, 4) is 44.5 Å². The number of benzene rings is 9. The van der Waals surface area contributed by atoms with Crippen LogP contribution in [0.1, 0.15) is 25.0 Å². The maximum atomic E-state index is 2.44. The fourth-order valence-electron chi connectivity index (χ4n) is 8.49. The molecular weight excluding hydrogens is 589 g/mol. The van der Waals surface area contributed by atoms with Gasteiger partial charge < -0.3 is 0 Å². The maximum absolute atomic E-state index is 2.44. The molecule has 0 unspecified atom stereocenters. The summed E-state index contributed by atoms with van der Waals surface area (Å²) in [6, 6.07) is 63.4. The van der Waals surface area contributed by atoms with Crippen molar-refractivity contribution >= 4 is 43.1 Å². The first kappa shape index (κ1) is 28.1. The van der Waals surface area contributed by atoms with Crippen molar-refractivity contribution in [3.05, 3.63) is 181 Å². The third-order valence-electron chi connectivity index (χ3n) is 11.0. The van der Waals surface area contributed by atoms with E-state index in [1.54, 1.807) is 0 Å². The molecule has 9 aromatic rings. The third-order valence-corrected chi connectivity index (χ3v) is 11.0. The molecule has 0 saturated carbocycles. The van der Waals surface area contributed by atoms with Gasteiger partial charge in [0.2, 0.25) is 0 Å². The molecule has 0 aliphatic heterocycles. The summed E-state index contributed by atoms with van der Waals surface area (Å²) < 4.78 is 0. The zero-order chi connectivity index (χ0) is 32.7. The summed E-state index contributed by atoms with van der Waals surface area (Å²) in [5.41, 5.74) is 12.9. The van der Waals surface area contributed by atoms with Gasteiger partial charge in [0.15, 0.2) is 0 Å². The highest BCUT2D eigenvalue weighted by molar-refractivity contribution is 6.20. The van der Waals surface area contributed by atoms with E-state index in [1.165, 1.54) is 98.7 Å². The lowest BCUT2D eigenvalue weighted by Crippen LogP contribution is -2.14. The summed E-state index contributed by atoms with van der Waals surface area (Å²) in [6.07, 6.45) is 0. The van der Waals surface area contributed by atoms with Crippen LogP contribution >= 0.6 is 0 Å². The Morgan fingerprint density at radius 1 is 0.306 bits per heavy atom. The molecule has 0 spiro atoms. The first-order chi connectivity index (χ1) is 24.0. The molecule has 1 aliphatic rings. The lowest BCUT2D eigenvalue weighted by molar-refractivity contribution is 0.661. The molecule has 0 nitrogen and oxygen atoms in total. The summed E-state index contributed by atoms with van der Waals surface area (Å²) >= 11 is 0. The van der Waals surface area contributed by atoms with Crippen LogP contribution in [-0.2, 0) is 5.41 Å². The monoisotopic (exact) mass is 622 g/mol. The Labute approximate surface area is 286 Å². The van der Waals surface area contributed by atoms with Gasteiger partial charge in [-0.1, -0.05) is 141 Å². The molecule has 0 bridgehead atoms. The minimum Gasteiger partial charge on any atom is -0.0622 e. The SMILES string of the molecule is CC1(C)c2ccccc2-c2cc3ccc(-c4cc(-c5ccccc5)cc(-c5c6ccccc6cc6c5ccc5ccccc56)c4)cc3cc21. The third kappa shape index (κ3) is 4.31. The zero-order valence-corrected chi connectivity index (χ0v) is 27.7. The zero-order valence-electron chi connectivity index (χ0n) is 27.7. The molecule has 0 saturated heterocycles. The summed E-state index contributed by atoms with van der Waals surface area (Å²) in [7, 11) is 0. The molecule has 1 aliphatic carbocycles. The van der Waals surface area contributed by atoms with Gasteiger partial charge in [0.25, 0.3) is 0 Å². The number of hydrogen-bond donors (Lipinski definition) is 0.